The molecule has 2 unspecified atom stereocenters. The van der Waals surface area contributed by atoms with E-state index in [1.165, 1.54) is 6.07 Å². The summed E-state index contributed by atoms with van der Waals surface area (Å²) in [7, 11) is -3.74. The lowest BCUT2D eigenvalue weighted by molar-refractivity contribution is 0.176. The fourth-order valence-electron chi connectivity index (χ4n) is 4.35. The van der Waals surface area contributed by atoms with Gasteiger partial charge in [0.1, 0.15) is 24.2 Å². The highest BCUT2D eigenvalue weighted by atomic mass is 32.2. The average Bonchev–Trinajstić information content (AvgIpc) is 3.21. The van der Waals surface area contributed by atoms with E-state index in [2.05, 4.69) is 11.4 Å². The van der Waals surface area contributed by atoms with Crippen LogP contribution in [0.2, 0.25) is 0 Å². The second-order valence-corrected chi connectivity index (χ2v) is 9.94. The van der Waals surface area contributed by atoms with Crippen molar-refractivity contribution in [3.8, 4) is 17.6 Å². The number of nitrogens with zero attached hydrogens (tertiary/aromatic N) is 1. The van der Waals surface area contributed by atoms with Crippen LogP contribution in [0, 0.1) is 11.3 Å². The van der Waals surface area contributed by atoms with Crippen LogP contribution in [0.4, 0.5) is 0 Å². The van der Waals surface area contributed by atoms with Gasteiger partial charge in [-0.1, -0.05) is 30.3 Å². The van der Waals surface area contributed by atoms with Crippen LogP contribution >= 0.6 is 0 Å². The van der Waals surface area contributed by atoms with Gasteiger partial charge < -0.3 is 14.8 Å². The highest BCUT2D eigenvalue weighted by Crippen LogP contribution is 2.42. The third-order valence-electron chi connectivity index (χ3n) is 6.05. The van der Waals surface area contributed by atoms with Crippen LogP contribution < -0.4 is 14.8 Å². The molecule has 0 amide bonds. The Bertz CT molecular complexity index is 1310. The van der Waals surface area contributed by atoms with Gasteiger partial charge in [-0.25, -0.2) is 8.42 Å². The minimum Gasteiger partial charge on any atom is -0.489 e. The summed E-state index contributed by atoms with van der Waals surface area (Å²) < 4.78 is 38.5. The van der Waals surface area contributed by atoms with E-state index in [9.17, 15) is 13.7 Å². The molecule has 6 nitrogen and oxygen atoms in total. The molecule has 2 aliphatic rings. The largest absolute Gasteiger partial charge is 0.489 e. The summed E-state index contributed by atoms with van der Waals surface area (Å²) in [4.78, 5) is 0.357. The van der Waals surface area contributed by atoms with Crippen molar-refractivity contribution in [2.75, 3.05) is 13.1 Å². The van der Waals surface area contributed by atoms with Crippen LogP contribution in [0.3, 0.4) is 0 Å². The lowest BCUT2D eigenvalue weighted by Crippen LogP contribution is -2.39. The van der Waals surface area contributed by atoms with Gasteiger partial charge in [-0.05, 0) is 49.4 Å². The van der Waals surface area contributed by atoms with E-state index in [0.29, 0.717) is 23.0 Å². The second-order valence-electron chi connectivity index (χ2n) is 7.99. The van der Waals surface area contributed by atoms with Crippen LogP contribution in [0.5, 0.6) is 11.5 Å². The van der Waals surface area contributed by atoms with Crippen LogP contribution in [-0.4, -0.2) is 27.6 Å². The minimum absolute atomic E-state index is 0.0599. The maximum Gasteiger partial charge on any atom is 0.206 e. The van der Waals surface area contributed by atoms with E-state index in [1.54, 1.807) is 42.5 Å². The minimum atomic E-state index is -3.74. The fraction of sp³-hybridized carbons (Fsp3) is 0.240. The monoisotopic (exact) mass is 446 g/mol. The van der Waals surface area contributed by atoms with Crippen molar-refractivity contribution in [1.82, 2.24) is 5.32 Å². The van der Waals surface area contributed by atoms with Crippen LogP contribution in [0.1, 0.15) is 29.0 Å². The predicted octanol–water partition coefficient (Wildman–Crippen LogP) is 3.81. The Morgan fingerprint density at radius 2 is 1.91 bits per heavy atom. The van der Waals surface area contributed by atoms with Crippen molar-refractivity contribution < 1.29 is 17.9 Å². The lowest BCUT2D eigenvalue weighted by Gasteiger charge is -2.24. The van der Waals surface area contributed by atoms with E-state index in [1.807, 2.05) is 18.2 Å². The summed E-state index contributed by atoms with van der Waals surface area (Å²) in [6.07, 6.45) is 1.04. The highest BCUT2D eigenvalue weighted by Gasteiger charge is 2.36. The molecule has 5 rings (SSSR count). The predicted molar refractivity (Wildman–Crippen MR) is 118 cm³/mol. The quantitative estimate of drug-likeness (QED) is 0.641. The summed E-state index contributed by atoms with van der Waals surface area (Å²) in [5, 5.41) is 12.6. The molecule has 1 fully saturated rings. The maximum atomic E-state index is 13.3. The first-order valence-electron chi connectivity index (χ1n) is 10.5. The topological polar surface area (TPSA) is 88.4 Å². The molecule has 32 heavy (non-hydrogen) atoms. The second kappa shape index (κ2) is 8.30. The Kier molecular flexibility index (Phi) is 5.33. The fourth-order valence-corrected chi connectivity index (χ4v) is 5.66. The number of nitriles is 1. The van der Waals surface area contributed by atoms with Crippen molar-refractivity contribution in [2.24, 2.45) is 0 Å². The van der Waals surface area contributed by atoms with E-state index in [4.69, 9.17) is 9.47 Å². The molecule has 1 N–H and O–H groups in total. The summed E-state index contributed by atoms with van der Waals surface area (Å²) in [6, 6.07) is 20.9. The molecule has 0 saturated carbocycles. The molecule has 1 saturated heterocycles. The maximum absolute atomic E-state index is 13.3. The third kappa shape index (κ3) is 3.72. The van der Waals surface area contributed by atoms with Gasteiger partial charge in [-0.3, -0.25) is 0 Å². The van der Waals surface area contributed by atoms with Gasteiger partial charge in [-0.2, -0.15) is 5.26 Å². The third-order valence-corrected chi connectivity index (χ3v) is 7.80. The first-order valence-corrected chi connectivity index (χ1v) is 12.0. The van der Waals surface area contributed by atoms with Gasteiger partial charge in [0, 0.05) is 23.6 Å². The van der Waals surface area contributed by atoms with Crippen molar-refractivity contribution in [1.29, 1.82) is 5.26 Å². The van der Waals surface area contributed by atoms with Gasteiger partial charge in [-0.15, -0.1) is 0 Å². The first kappa shape index (κ1) is 20.6. The molecule has 0 bridgehead atoms. The molecule has 2 aliphatic heterocycles. The highest BCUT2D eigenvalue weighted by molar-refractivity contribution is 7.91. The average molecular weight is 447 g/mol. The number of hydrogen-bond acceptors (Lipinski definition) is 6. The zero-order valence-electron chi connectivity index (χ0n) is 17.3. The van der Waals surface area contributed by atoms with Crippen LogP contribution in [0.25, 0.3) is 0 Å². The zero-order chi connectivity index (χ0) is 22.1. The first-order chi connectivity index (χ1) is 15.6. The van der Waals surface area contributed by atoms with Crippen molar-refractivity contribution in [3.05, 3.63) is 83.4 Å². The number of nitrogens with one attached hydrogen (secondary N) is 1. The van der Waals surface area contributed by atoms with Crippen molar-refractivity contribution in [3.63, 3.8) is 0 Å². The van der Waals surface area contributed by atoms with Gasteiger partial charge in [0.15, 0.2) is 0 Å². The molecule has 3 aromatic carbocycles. The Morgan fingerprint density at radius 1 is 1.06 bits per heavy atom. The molecule has 0 radical (unpaired) electrons. The number of rotatable bonds is 5. The molecule has 0 aliphatic carbocycles. The Labute approximate surface area is 187 Å². The van der Waals surface area contributed by atoms with Gasteiger partial charge in [0.25, 0.3) is 0 Å². The van der Waals surface area contributed by atoms with Gasteiger partial charge in [0.05, 0.1) is 21.4 Å². The summed E-state index contributed by atoms with van der Waals surface area (Å²) in [5.41, 5.74) is 2.36. The summed E-state index contributed by atoms with van der Waals surface area (Å²) in [5.74, 6) is 1.40. The Hall–Kier alpha value is -3.34. The Morgan fingerprint density at radius 3 is 2.78 bits per heavy atom. The van der Waals surface area contributed by atoms with E-state index in [0.717, 1.165) is 30.6 Å². The number of sulfone groups is 1. The number of fused-ring (bicyclic) bond motifs is 3. The number of ether oxygens (including phenoxy) is 2. The van der Waals surface area contributed by atoms with E-state index in [-0.39, 0.29) is 22.5 Å². The van der Waals surface area contributed by atoms with Crippen LogP contribution in [-0.2, 0) is 16.4 Å². The van der Waals surface area contributed by atoms with Crippen molar-refractivity contribution in [2.45, 2.75) is 34.8 Å². The Balaban J connectivity index is 1.39. The normalized spacial score (nSPS) is 19.3. The van der Waals surface area contributed by atoms with E-state index >= 15 is 0 Å². The summed E-state index contributed by atoms with van der Waals surface area (Å²) in [6.45, 7) is 1.89. The molecule has 162 valence electrons. The summed E-state index contributed by atoms with van der Waals surface area (Å²) >= 11 is 0. The molecule has 3 aromatic rings. The smallest absolute Gasteiger partial charge is 0.206 e. The zero-order valence-corrected chi connectivity index (χ0v) is 18.1. The molecule has 0 spiro atoms. The number of hydrogen-bond donors (Lipinski definition) is 1. The van der Waals surface area contributed by atoms with E-state index < -0.39 is 9.84 Å². The SMILES string of the molecule is N#Cc1ccccc1COc1cccc(S(=O)(=O)c2ccc3c(c2)OC2CNCCC32)c1. The van der Waals surface area contributed by atoms with Crippen LogP contribution in [0.15, 0.2) is 76.5 Å². The molecule has 2 heterocycles. The van der Waals surface area contributed by atoms with Gasteiger partial charge in [0.2, 0.25) is 9.84 Å². The van der Waals surface area contributed by atoms with Crippen molar-refractivity contribution >= 4 is 9.84 Å². The molecule has 0 aromatic heterocycles. The number of piperidine rings is 1. The molecular formula is C25H22N2O4S. The lowest BCUT2D eigenvalue weighted by atomic mass is 9.90. The molecular weight excluding hydrogens is 424 g/mol. The van der Waals surface area contributed by atoms with Gasteiger partial charge >= 0.3 is 0 Å². The molecule has 7 heteroatoms. The number of benzene rings is 3. The standard InChI is InChI=1S/C25H22N2O4S/c26-14-17-4-1-2-5-18(17)16-30-19-6-3-7-20(12-19)32(28,29)21-8-9-22-23-10-11-27-15-25(23)31-24(22)13-21/h1-9,12-13,23,25,27H,10-11,15-16H2. The molecule has 2 atom stereocenters.